The van der Waals surface area contributed by atoms with Crippen molar-refractivity contribution in [1.29, 1.82) is 5.26 Å². The highest BCUT2D eigenvalue weighted by molar-refractivity contribution is 6.04. The molecule has 7 nitrogen and oxygen atoms in total. The van der Waals surface area contributed by atoms with Crippen molar-refractivity contribution in [2.75, 3.05) is 24.5 Å². The SMILES string of the molecule is C[C@]1(N)CCN(c2c(C(=O)NCC3CC3)cnc(C#N)c2-c2cccc(OC(F)F)c2)C1. The summed E-state index contributed by atoms with van der Waals surface area (Å²) < 4.78 is 30.1. The smallest absolute Gasteiger partial charge is 0.387 e. The number of hydrogen-bond acceptors (Lipinski definition) is 6. The third-order valence-electron chi connectivity index (χ3n) is 5.82. The van der Waals surface area contributed by atoms with E-state index in [1.165, 1.54) is 18.3 Å². The molecule has 2 aliphatic rings. The summed E-state index contributed by atoms with van der Waals surface area (Å²) in [5.41, 5.74) is 7.72. The van der Waals surface area contributed by atoms with Crippen molar-refractivity contribution in [3.63, 3.8) is 0 Å². The summed E-state index contributed by atoms with van der Waals surface area (Å²) in [5.74, 6) is 0.173. The Hall–Kier alpha value is -3.25. The Morgan fingerprint density at radius 1 is 1.47 bits per heavy atom. The first-order valence-corrected chi connectivity index (χ1v) is 10.6. The van der Waals surface area contributed by atoms with E-state index in [2.05, 4.69) is 21.1 Å². The molecule has 4 rings (SSSR count). The number of anilines is 1. The van der Waals surface area contributed by atoms with Gasteiger partial charge in [-0.05, 0) is 49.8 Å². The molecular formula is C23H25F2N5O2. The molecule has 2 fully saturated rings. The van der Waals surface area contributed by atoms with Crippen molar-refractivity contribution in [3.8, 4) is 22.9 Å². The summed E-state index contributed by atoms with van der Waals surface area (Å²) in [4.78, 5) is 19.3. The van der Waals surface area contributed by atoms with Crippen LogP contribution in [0.1, 0.15) is 42.2 Å². The molecule has 1 aliphatic heterocycles. The minimum absolute atomic E-state index is 0.0407. The fourth-order valence-electron chi connectivity index (χ4n) is 4.01. The van der Waals surface area contributed by atoms with Crippen LogP contribution >= 0.6 is 0 Å². The first-order valence-electron chi connectivity index (χ1n) is 10.6. The molecule has 0 bridgehead atoms. The van der Waals surface area contributed by atoms with Gasteiger partial charge in [-0.2, -0.15) is 14.0 Å². The number of carbonyl (C=O) groups excluding carboxylic acids is 1. The molecule has 0 radical (unpaired) electrons. The van der Waals surface area contributed by atoms with Crippen LogP contribution in [0.3, 0.4) is 0 Å². The monoisotopic (exact) mass is 441 g/mol. The van der Waals surface area contributed by atoms with Crippen molar-refractivity contribution in [2.45, 2.75) is 38.3 Å². The normalized spacial score (nSPS) is 20.3. The largest absolute Gasteiger partial charge is 0.435 e. The Bertz CT molecular complexity index is 1060. The van der Waals surface area contributed by atoms with Crippen LogP contribution in [-0.2, 0) is 0 Å². The zero-order chi connectivity index (χ0) is 22.9. The van der Waals surface area contributed by atoms with Gasteiger partial charge in [0.2, 0.25) is 0 Å². The van der Waals surface area contributed by atoms with Gasteiger partial charge in [0.1, 0.15) is 17.5 Å². The van der Waals surface area contributed by atoms with E-state index in [1.807, 2.05) is 11.8 Å². The van der Waals surface area contributed by atoms with E-state index in [9.17, 15) is 18.8 Å². The van der Waals surface area contributed by atoms with Gasteiger partial charge in [-0.1, -0.05) is 12.1 Å². The number of nitrogens with zero attached hydrogens (tertiary/aromatic N) is 3. The number of hydrogen-bond donors (Lipinski definition) is 2. The second kappa shape index (κ2) is 8.71. The molecule has 1 saturated heterocycles. The molecule has 1 aromatic heterocycles. The number of nitrogens with one attached hydrogen (secondary N) is 1. The number of halogens is 2. The van der Waals surface area contributed by atoms with Gasteiger partial charge in [0, 0.05) is 36.9 Å². The first kappa shape index (κ1) is 22.0. The van der Waals surface area contributed by atoms with Gasteiger partial charge in [0.15, 0.2) is 0 Å². The highest BCUT2D eigenvalue weighted by Gasteiger charge is 2.35. The van der Waals surface area contributed by atoms with Gasteiger partial charge in [0.05, 0.1) is 11.3 Å². The number of pyridine rings is 1. The summed E-state index contributed by atoms with van der Waals surface area (Å²) in [6.07, 6.45) is 4.30. The third-order valence-corrected chi connectivity index (χ3v) is 5.82. The number of aromatic nitrogens is 1. The number of amides is 1. The van der Waals surface area contributed by atoms with Crippen LogP contribution in [-0.4, -0.2) is 42.7 Å². The Balaban J connectivity index is 1.84. The Morgan fingerprint density at radius 2 is 2.25 bits per heavy atom. The van der Waals surface area contributed by atoms with Crippen molar-refractivity contribution in [1.82, 2.24) is 10.3 Å². The zero-order valence-corrected chi connectivity index (χ0v) is 17.8. The lowest BCUT2D eigenvalue weighted by Crippen LogP contribution is -2.40. The lowest BCUT2D eigenvalue weighted by molar-refractivity contribution is -0.0498. The van der Waals surface area contributed by atoms with Crippen LogP contribution in [0.5, 0.6) is 5.75 Å². The predicted molar refractivity (Wildman–Crippen MR) is 115 cm³/mol. The van der Waals surface area contributed by atoms with Crippen molar-refractivity contribution in [3.05, 3.63) is 41.7 Å². The van der Waals surface area contributed by atoms with Gasteiger partial charge in [-0.15, -0.1) is 0 Å². The number of ether oxygens (including phenoxy) is 1. The molecule has 1 atom stereocenters. The molecule has 168 valence electrons. The minimum Gasteiger partial charge on any atom is -0.435 e. The van der Waals surface area contributed by atoms with Crippen LogP contribution in [0.15, 0.2) is 30.5 Å². The second-order valence-corrected chi connectivity index (χ2v) is 8.74. The molecule has 2 aromatic rings. The standard InChI is InChI=1S/C23H25F2N5O2/c1-23(27)7-8-30(13-23)20-17(21(31)29-11-14-5-6-14)12-28-18(10-26)19(20)15-3-2-4-16(9-15)32-22(24)25/h2-4,9,12,14,22H,5-8,11,13,27H2,1H3,(H,29,31)/t23-/m0/s1. The molecule has 1 aliphatic carbocycles. The Morgan fingerprint density at radius 3 is 2.88 bits per heavy atom. The maximum Gasteiger partial charge on any atom is 0.387 e. The molecule has 3 N–H and O–H groups in total. The first-order chi connectivity index (χ1) is 15.3. The van der Waals surface area contributed by atoms with E-state index >= 15 is 0 Å². The van der Waals surface area contributed by atoms with Crippen molar-refractivity contribution >= 4 is 11.6 Å². The minimum atomic E-state index is -2.98. The topological polar surface area (TPSA) is 104 Å². The van der Waals surface area contributed by atoms with E-state index in [-0.39, 0.29) is 17.4 Å². The van der Waals surface area contributed by atoms with Gasteiger partial charge in [-0.3, -0.25) is 4.79 Å². The highest BCUT2D eigenvalue weighted by Crippen LogP contribution is 2.40. The number of rotatable bonds is 7. The summed E-state index contributed by atoms with van der Waals surface area (Å²) in [7, 11) is 0. The number of carbonyl (C=O) groups is 1. The molecule has 0 unspecified atom stereocenters. The van der Waals surface area contributed by atoms with Gasteiger partial charge >= 0.3 is 6.61 Å². The Labute approximate surface area is 185 Å². The maximum atomic E-state index is 13.1. The average molecular weight is 441 g/mol. The lowest BCUT2D eigenvalue weighted by atomic mass is 9.97. The van der Waals surface area contributed by atoms with E-state index < -0.39 is 12.2 Å². The molecule has 1 aromatic carbocycles. The maximum absolute atomic E-state index is 13.1. The fraction of sp³-hybridized carbons (Fsp3) is 0.435. The van der Waals surface area contributed by atoms with E-state index in [0.29, 0.717) is 54.4 Å². The Kier molecular flexibility index (Phi) is 5.98. The molecule has 1 amide bonds. The summed E-state index contributed by atoms with van der Waals surface area (Å²) in [6, 6.07) is 8.16. The molecule has 0 spiro atoms. The highest BCUT2D eigenvalue weighted by atomic mass is 19.3. The van der Waals surface area contributed by atoms with Crippen molar-refractivity contribution in [2.24, 2.45) is 11.7 Å². The summed E-state index contributed by atoms with van der Waals surface area (Å²) >= 11 is 0. The number of nitrogens with two attached hydrogens (primary N) is 1. The fourth-order valence-corrected chi connectivity index (χ4v) is 4.01. The second-order valence-electron chi connectivity index (χ2n) is 8.74. The van der Waals surface area contributed by atoms with Crippen LogP contribution < -0.4 is 20.7 Å². The molecule has 2 heterocycles. The van der Waals surface area contributed by atoms with Gasteiger partial charge < -0.3 is 20.7 Å². The zero-order valence-electron chi connectivity index (χ0n) is 17.8. The van der Waals surface area contributed by atoms with Crippen LogP contribution in [0.4, 0.5) is 14.5 Å². The predicted octanol–water partition coefficient (Wildman–Crippen LogP) is 3.29. The third kappa shape index (κ3) is 4.81. The van der Waals surface area contributed by atoms with Crippen molar-refractivity contribution < 1.29 is 18.3 Å². The van der Waals surface area contributed by atoms with Gasteiger partial charge in [-0.25, -0.2) is 4.98 Å². The molecule has 1 saturated carbocycles. The number of benzene rings is 1. The quantitative estimate of drug-likeness (QED) is 0.683. The van der Waals surface area contributed by atoms with Crippen LogP contribution in [0, 0.1) is 17.2 Å². The van der Waals surface area contributed by atoms with E-state index in [1.54, 1.807) is 12.1 Å². The summed E-state index contributed by atoms with van der Waals surface area (Å²) in [5, 5.41) is 12.7. The lowest BCUT2D eigenvalue weighted by Gasteiger charge is -2.27. The molecule has 9 heteroatoms. The number of nitriles is 1. The number of alkyl halides is 2. The average Bonchev–Trinajstić information content (AvgIpc) is 3.51. The van der Waals surface area contributed by atoms with Gasteiger partial charge in [0.25, 0.3) is 5.91 Å². The molecular weight excluding hydrogens is 416 g/mol. The van der Waals surface area contributed by atoms with Crippen LogP contribution in [0.2, 0.25) is 0 Å². The van der Waals surface area contributed by atoms with E-state index in [0.717, 1.165) is 12.8 Å². The summed E-state index contributed by atoms with van der Waals surface area (Å²) in [6.45, 7) is 0.605. The van der Waals surface area contributed by atoms with E-state index in [4.69, 9.17) is 5.73 Å². The molecule has 32 heavy (non-hydrogen) atoms. The van der Waals surface area contributed by atoms with Crippen LogP contribution in [0.25, 0.3) is 11.1 Å².